The summed E-state index contributed by atoms with van der Waals surface area (Å²) in [7, 11) is 0. The molecule has 0 amide bonds. The third-order valence-corrected chi connectivity index (χ3v) is 2.96. The van der Waals surface area contributed by atoms with Gasteiger partial charge in [0.15, 0.2) is 0 Å². The van der Waals surface area contributed by atoms with Crippen molar-refractivity contribution in [3.63, 3.8) is 0 Å². The molecule has 1 N–H and O–H groups in total. The van der Waals surface area contributed by atoms with Crippen molar-refractivity contribution < 1.29 is 5.11 Å². The van der Waals surface area contributed by atoms with Crippen LogP contribution in [0.4, 0.5) is 0 Å². The molecule has 0 aliphatic rings. The van der Waals surface area contributed by atoms with Crippen LogP contribution in [0.15, 0.2) is 23.1 Å². The third kappa shape index (κ3) is 4.08. The minimum absolute atomic E-state index is 0.308. The van der Waals surface area contributed by atoms with E-state index in [0.29, 0.717) is 10.6 Å². The maximum atomic E-state index is 9.70. The van der Waals surface area contributed by atoms with Crippen molar-refractivity contribution in [3.8, 4) is 5.75 Å². The molecule has 83 valence electrons. The summed E-state index contributed by atoms with van der Waals surface area (Å²) in [5.41, 5.74) is 0.999. The number of hydrogen-bond acceptors (Lipinski definition) is 1. The second kappa shape index (κ2) is 6.67. The third-order valence-electron chi connectivity index (χ3n) is 2.63. The van der Waals surface area contributed by atoms with Gasteiger partial charge in [0.2, 0.25) is 0 Å². The van der Waals surface area contributed by atoms with E-state index in [1.54, 1.807) is 6.07 Å². The summed E-state index contributed by atoms with van der Waals surface area (Å²) in [5, 5.41) is 9.70. The Morgan fingerprint density at radius 1 is 1.13 bits per heavy atom. The molecule has 2 heteroatoms. The average Bonchev–Trinajstić information content (AvgIpc) is 2.24. The largest absolute Gasteiger partial charge is 0.506 e. The van der Waals surface area contributed by atoms with Gasteiger partial charge < -0.3 is 5.11 Å². The lowest BCUT2D eigenvalue weighted by atomic mass is 10.0. The van der Waals surface area contributed by atoms with Crippen molar-refractivity contribution in [3.05, 3.63) is 23.8 Å². The van der Waals surface area contributed by atoms with Crippen LogP contribution >= 0.6 is 12.6 Å². The lowest BCUT2D eigenvalue weighted by Crippen LogP contribution is -1.87. The van der Waals surface area contributed by atoms with Crippen LogP contribution in [0, 0.1) is 0 Å². The zero-order valence-corrected chi connectivity index (χ0v) is 10.1. The van der Waals surface area contributed by atoms with Crippen LogP contribution in [0.25, 0.3) is 0 Å². The summed E-state index contributed by atoms with van der Waals surface area (Å²) in [6.45, 7) is 2.21. The highest BCUT2D eigenvalue weighted by Gasteiger charge is 2.03. The van der Waals surface area contributed by atoms with Crippen molar-refractivity contribution >= 4 is 12.6 Å². The molecule has 1 aromatic carbocycles. The number of unbranched alkanes of at least 4 members (excludes halogenated alkanes) is 4. The zero-order chi connectivity index (χ0) is 11.1. The predicted molar refractivity (Wildman–Crippen MR) is 66.4 cm³/mol. The van der Waals surface area contributed by atoms with Crippen molar-refractivity contribution in [2.75, 3.05) is 0 Å². The maximum Gasteiger partial charge on any atom is 0.136 e. The number of aromatic hydroxyl groups is 1. The van der Waals surface area contributed by atoms with Gasteiger partial charge in [-0.15, -0.1) is 0 Å². The molecular formula is C13H19OS. The molecule has 0 saturated heterocycles. The second-order valence-electron chi connectivity index (χ2n) is 3.93. The van der Waals surface area contributed by atoms with E-state index >= 15 is 0 Å². The first-order chi connectivity index (χ1) is 7.25. The molecule has 0 bridgehead atoms. The monoisotopic (exact) mass is 223 g/mol. The molecule has 0 aliphatic carbocycles. The number of para-hydroxylation sites is 1. The first kappa shape index (κ1) is 12.3. The zero-order valence-electron chi connectivity index (χ0n) is 9.33. The summed E-state index contributed by atoms with van der Waals surface area (Å²) < 4.78 is 0. The Morgan fingerprint density at radius 3 is 2.60 bits per heavy atom. The molecule has 0 unspecified atom stereocenters. The number of rotatable bonds is 6. The molecule has 1 aromatic rings. The highest BCUT2D eigenvalue weighted by atomic mass is 32.1. The van der Waals surface area contributed by atoms with E-state index in [9.17, 15) is 5.11 Å². The predicted octanol–water partition coefficient (Wildman–Crippen LogP) is 4.46. The molecule has 0 aromatic heterocycles. The lowest BCUT2D eigenvalue weighted by molar-refractivity contribution is 0.453. The van der Waals surface area contributed by atoms with E-state index in [1.165, 1.54) is 25.7 Å². The highest BCUT2D eigenvalue weighted by Crippen LogP contribution is 2.26. The molecule has 0 aliphatic heterocycles. The van der Waals surface area contributed by atoms with Gasteiger partial charge in [-0.3, -0.25) is 0 Å². The van der Waals surface area contributed by atoms with Gasteiger partial charge in [0.25, 0.3) is 0 Å². The van der Waals surface area contributed by atoms with Gasteiger partial charge in [-0.2, -0.15) is 0 Å². The van der Waals surface area contributed by atoms with Crippen LogP contribution in [-0.2, 0) is 6.42 Å². The maximum absolute atomic E-state index is 9.70. The van der Waals surface area contributed by atoms with Gasteiger partial charge in [-0.25, -0.2) is 0 Å². The normalized spacial score (nSPS) is 10.5. The van der Waals surface area contributed by atoms with Crippen LogP contribution < -0.4 is 0 Å². The molecule has 1 radical (unpaired) electrons. The second-order valence-corrected chi connectivity index (χ2v) is 4.37. The Labute approximate surface area is 97.9 Å². The lowest BCUT2D eigenvalue weighted by Gasteiger charge is -2.05. The molecule has 15 heavy (non-hydrogen) atoms. The van der Waals surface area contributed by atoms with Crippen molar-refractivity contribution in [2.45, 2.75) is 50.3 Å². The Bertz CT molecular complexity index is 297. The molecule has 0 fully saturated rings. The fourth-order valence-corrected chi connectivity index (χ4v) is 1.90. The standard InChI is InChI=1S/C13H19OS/c1-2-3-4-5-6-8-11-9-7-10-12(15)13(11)14/h7,9-10,14H,2-6,8H2,1H3. The van der Waals surface area contributed by atoms with Crippen LogP contribution in [0.1, 0.15) is 44.6 Å². The minimum atomic E-state index is 0.308. The van der Waals surface area contributed by atoms with E-state index < -0.39 is 0 Å². The number of phenols is 1. The van der Waals surface area contributed by atoms with Crippen LogP contribution in [0.5, 0.6) is 5.75 Å². The van der Waals surface area contributed by atoms with Gasteiger partial charge in [0, 0.05) is 0 Å². The van der Waals surface area contributed by atoms with Crippen molar-refractivity contribution in [1.82, 2.24) is 0 Å². The van der Waals surface area contributed by atoms with Crippen molar-refractivity contribution in [2.24, 2.45) is 0 Å². The number of benzene rings is 1. The Morgan fingerprint density at radius 2 is 1.87 bits per heavy atom. The van der Waals surface area contributed by atoms with E-state index in [2.05, 4.69) is 6.92 Å². The van der Waals surface area contributed by atoms with Gasteiger partial charge in [0.1, 0.15) is 5.75 Å². The van der Waals surface area contributed by atoms with E-state index in [0.717, 1.165) is 18.4 Å². The van der Waals surface area contributed by atoms with Crippen molar-refractivity contribution in [1.29, 1.82) is 0 Å². The summed E-state index contributed by atoms with van der Waals surface area (Å²) in [4.78, 5) is 0.570. The quantitative estimate of drug-likeness (QED) is 0.706. The highest BCUT2D eigenvalue weighted by molar-refractivity contribution is 7.80. The Balaban J connectivity index is 2.34. The first-order valence-electron chi connectivity index (χ1n) is 5.73. The number of hydrogen-bond donors (Lipinski definition) is 1. The Hall–Kier alpha value is -0.760. The first-order valence-corrected chi connectivity index (χ1v) is 6.14. The van der Waals surface area contributed by atoms with Crippen LogP contribution in [-0.4, -0.2) is 5.11 Å². The molecule has 1 rings (SSSR count). The molecule has 0 spiro atoms. The summed E-state index contributed by atoms with van der Waals surface area (Å²) >= 11 is 5.01. The molecule has 0 heterocycles. The summed E-state index contributed by atoms with van der Waals surface area (Å²) in [6, 6.07) is 5.65. The summed E-state index contributed by atoms with van der Waals surface area (Å²) in [6.07, 6.45) is 7.21. The van der Waals surface area contributed by atoms with E-state index in [4.69, 9.17) is 12.6 Å². The number of phenolic OH excluding ortho intramolecular Hbond substituents is 1. The van der Waals surface area contributed by atoms with Gasteiger partial charge in [-0.1, -0.05) is 57.4 Å². The fraction of sp³-hybridized carbons (Fsp3) is 0.538. The SMILES string of the molecule is CCCCCCCc1cccc([S])c1O. The van der Waals surface area contributed by atoms with Gasteiger partial charge in [-0.05, 0) is 24.5 Å². The molecule has 0 atom stereocenters. The number of aryl methyl sites for hydroxylation is 1. The smallest absolute Gasteiger partial charge is 0.136 e. The molecule has 1 nitrogen and oxygen atoms in total. The van der Waals surface area contributed by atoms with Crippen LogP contribution in [0.3, 0.4) is 0 Å². The van der Waals surface area contributed by atoms with Crippen LogP contribution in [0.2, 0.25) is 0 Å². The average molecular weight is 223 g/mol. The topological polar surface area (TPSA) is 20.2 Å². The van der Waals surface area contributed by atoms with E-state index in [1.807, 2.05) is 12.1 Å². The van der Waals surface area contributed by atoms with Gasteiger partial charge >= 0.3 is 0 Å². The van der Waals surface area contributed by atoms with Gasteiger partial charge in [0.05, 0.1) is 4.90 Å². The summed E-state index contributed by atoms with van der Waals surface area (Å²) in [5.74, 6) is 0.308. The van der Waals surface area contributed by atoms with E-state index in [-0.39, 0.29) is 0 Å². The fourth-order valence-electron chi connectivity index (χ4n) is 1.69. The molecule has 0 saturated carbocycles. The molecular weight excluding hydrogens is 204 g/mol. The Kier molecular flexibility index (Phi) is 5.48. The minimum Gasteiger partial charge on any atom is -0.506 e.